The number of aromatic hydroxyl groups is 5. The first-order valence-electron chi connectivity index (χ1n) is 22.9. The van der Waals surface area contributed by atoms with Crippen LogP contribution < -0.4 is 0 Å². The van der Waals surface area contributed by atoms with E-state index in [1.54, 1.807) is 78.9 Å². The summed E-state index contributed by atoms with van der Waals surface area (Å²) in [5.74, 6) is 0.316. The van der Waals surface area contributed by atoms with Crippen molar-refractivity contribution in [2.75, 3.05) is 0 Å². The van der Waals surface area contributed by atoms with Crippen molar-refractivity contribution in [3.05, 3.63) is 147 Å². The van der Waals surface area contributed by atoms with E-state index >= 15 is 0 Å². The van der Waals surface area contributed by atoms with E-state index in [1.165, 1.54) is 18.2 Å². The third-order valence-corrected chi connectivity index (χ3v) is 7.17. The van der Waals surface area contributed by atoms with Gasteiger partial charge in [-0.15, -0.1) is 0 Å². The van der Waals surface area contributed by atoms with Gasteiger partial charge in [-0.05, 0) is 59.2 Å². The summed E-state index contributed by atoms with van der Waals surface area (Å²) in [6.45, 7) is 26.4. The third kappa shape index (κ3) is 35.6. The molecule has 0 bridgehead atoms. The van der Waals surface area contributed by atoms with Gasteiger partial charge in [-0.3, -0.25) is 0 Å². The lowest BCUT2D eigenvalue weighted by molar-refractivity contribution is 0.259. The highest BCUT2D eigenvalue weighted by atomic mass is 16.3. The molecule has 5 aromatic carbocycles. The zero-order valence-electron chi connectivity index (χ0n) is 42.9. The molecule has 5 rings (SSSR count). The summed E-state index contributed by atoms with van der Waals surface area (Å²) in [5.41, 5.74) is 4.58. The molecule has 0 aromatic heterocycles. The van der Waals surface area contributed by atoms with Gasteiger partial charge in [0.05, 0.1) is 59.5 Å². The summed E-state index contributed by atoms with van der Waals surface area (Å²) in [4.78, 5) is 0. The molecular weight excluding hydrogens is 861 g/mol. The highest BCUT2D eigenvalue weighted by Crippen LogP contribution is 2.25. The minimum atomic E-state index is -0.313. The van der Waals surface area contributed by atoms with E-state index in [4.69, 9.17) is 61.3 Å². The quantitative estimate of drug-likeness (QED) is 0.0655. The van der Waals surface area contributed by atoms with Crippen molar-refractivity contribution in [3.8, 4) is 28.7 Å². The number of aliphatic hydroxyl groups is 9. The van der Waals surface area contributed by atoms with Crippen LogP contribution in [-0.4, -0.2) is 71.5 Å². The number of benzene rings is 5. The van der Waals surface area contributed by atoms with Crippen LogP contribution in [0.5, 0.6) is 28.7 Å². The molecule has 0 aliphatic rings. The normalized spacial score (nSPS) is 8.46. The van der Waals surface area contributed by atoms with E-state index < -0.39 is 0 Å². The van der Waals surface area contributed by atoms with E-state index in [-0.39, 0.29) is 88.2 Å². The topological polar surface area (TPSA) is 283 Å². The van der Waals surface area contributed by atoms with Crippen molar-refractivity contribution >= 4 is 0 Å². The number of para-hydroxylation sites is 2. The molecule has 0 unspecified atom stereocenters. The molecule has 0 amide bonds. The van der Waals surface area contributed by atoms with Crippen LogP contribution in [0.1, 0.15) is 147 Å². The highest BCUT2D eigenvalue weighted by molar-refractivity contribution is 5.43. The number of hydrogen-bond acceptors (Lipinski definition) is 14. The molecule has 14 heteroatoms. The lowest BCUT2D eigenvalue weighted by Gasteiger charge is -2.08. The lowest BCUT2D eigenvalue weighted by Crippen LogP contribution is -1.95. The number of hydrogen-bond donors (Lipinski definition) is 14. The van der Waals surface area contributed by atoms with E-state index in [2.05, 4.69) is 0 Å². The SMILES string of the molecule is CC.CC.CC.CC.CC.CC.CC.OCc1cc(CO)c(O)c(CO)c1.OCc1ccc(O)c(CO)c1.OCc1ccc(O)cc1.OCc1cccc(CO)c1O.OCc1ccccc1O. The van der Waals surface area contributed by atoms with Gasteiger partial charge in [-0.2, -0.15) is 0 Å². The molecule has 0 fully saturated rings. The Kier molecular flexibility index (Phi) is 64.5. The number of phenols is 5. The van der Waals surface area contributed by atoms with E-state index in [0.29, 0.717) is 44.5 Å². The summed E-state index contributed by atoms with van der Waals surface area (Å²) in [6, 6.07) is 25.7. The summed E-state index contributed by atoms with van der Waals surface area (Å²) >= 11 is 0. The molecular formula is C53H90O14. The maximum absolute atomic E-state index is 9.41. The monoisotopic (exact) mass is 951 g/mol. The van der Waals surface area contributed by atoms with Gasteiger partial charge in [-0.25, -0.2) is 0 Å². The summed E-state index contributed by atoms with van der Waals surface area (Å²) in [6.07, 6.45) is 0. The predicted molar refractivity (Wildman–Crippen MR) is 273 cm³/mol. The standard InChI is InChI=1S/C9H12O4.2C8H10O3.2C7H8O2.7C2H6/c10-3-6-1-7(4-11)9(13)8(2-6)5-12;9-4-6-1-2-8(11)7(3-6)5-10;9-4-6-2-1-3-7(5-10)8(6)11;8-5-6-1-3-7(9)4-2-6;8-5-6-3-1-2-4-7(6)9;7*1-2/h1-2,10-13H,3-5H2;2*1-3,9-11H,4-5H2;2*1-4,8-9H,5H2;7*1-2H3. The molecule has 0 saturated carbocycles. The molecule has 0 aliphatic heterocycles. The highest BCUT2D eigenvalue weighted by Gasteiger charge is 2.08. The fourth-order valence-corrected chi connectivity index (χ4v) is 4.17. The van der Waals surface area contributed by atoms with E-state index in [0.717, 1.165) is 5.56 Å². The molecule has 0 spiro atoms. The Balaban J connectivity index is -0.000000126. The summed E-state index contributed by atoms with van der Waals surface area (Å²) in [5, 5.41) is 124. The van der Waals surface area contributed by atoms with Gasteiger partial charge >= 0.3 is 0 Å². The van der Waals surface area contributed by atoms with Crippen molar-refractivity contribution in [1.29, 1.82) is 0 Å². The van der Waals surface area contributed by atoms with Crippen LogP contribution in [0.25, 0.3) is 0 Å². The van der Waals surface area contributed by atoms with Crippen molar-refractivity contribution < 1.29 is 71.5 Å². The van der Waals surface area contributed by atoms with Crippen LogP contribution in [0.4, 0.5) is 0 Å². The smallest absolute Gasteiger partial charge is 0.126 e. The third-order valence-electron chi connectivity index (χ3n) is 7.17. The Morgan fingerprint density at radius 3 is 0.881 bits per heavy atom. The fourth-order valence-electron chi connectivity index (χ4n) is 4.17. The van der Waals surface area contributed by atoms with Crippen LogP contribution in [0.2, 0.25) is 0 Å². The molecule has 14 N–H and O–H groups in total. The molecule has 0 heterocycles. The second-order valence-electron chi connectivity index (χ2n) is 10.9. The fraction of sp³-hybridized carbons (Fsp3) is 0.434. The Hall–Kier alpha value is -5.26. The maximum Gasteiger partial charge on any atom is 0.126 e. The number of rotatable bonds is 9. The molecule has 67 heavy (non-hydrogen) atoms. The summed E-state index contributed by atoms with van der Waals surface area (Å²) < 4.78 is 0. The zero-order valence-corrected chi connectivity index (χ0v) is 42.9. The molecule has 386 valence electrons. The van der Waals surface area contributed by atoms with Crippen LogP contribution >= 0.6 is 0 Å². The predicted octanol–water partition coefficient (Wildman–Crippen LogP) is 9.58. The number of phenolic OH excluding ortho intramolecular Hbond substituents is 1. The van der Waals surface area contributed by atoms with Gasteiger partial charge < -0.3 is 71.5 Å². The van der Waals surface area contributed by atoms with E-state index in [9.17, 15) is 10.2 Å². The van der Waals surface area contributed by atoms with Gasteiger partial charge in [0.2, 0.25) is 0 Å². The molecule has 0 saturated heterocycles. The van der Waals surface area contributed by atoms with Crippen LogP contribution in [0.15, 0.2) is 97.1 Å². The Bertz CT molecular complexity index is 1720. The van der Waals surface area contributed by atoms with Crippen LogP contribution in [-0.2, 0) is 59.5 Å². The molecule has 0 atom stereocenters. The van der Waals surface area contributed by atoms with Crippen molar-refractivity contribution in [2.24, 2.45) is 0 Å². The van der Waals surface area contributed by atoms with Gasteiger partial charge in [0.1, 0.15) is 28.7 Å². The maximum atomic E-state index is 9.41. The second kappa shape index (κ2) is 56.9. The van der Waals surface area contributed by atoms with Gasteiger partial charge in [0.15, 0.2) is 0 Å². The van der Waals surface area contributed by atoms with Gasteiger partial charge in [0.25, 0.3) is 0 Å². The average molecular weight is 951 g/mol. The zero-order chi connectivity index (χ0) is 53.8. The minimum absolute atomic E-state index is 0.0162. The number of aliphatic hydroxyl groups excluding tert-OH is 9. The van der Waals surface area contributed by atoms with Crippen molar-refractivity contribution in [3.63, 3.8) is 0 Å². The first-order chi connectivity index (χ1) is 32.5. The molecule has 14 nitrogen and oxygen atoms in total. The average Bonchev–Trinajstić information content (AvgIpc) is 3.41. The summed E-state index contributed by atoms with van der Waals surface area (Å²) in [7, 11) is 0. The van der Waals surface area contributed by atoms with Gasteiger partial charge in [-0.1, -0.05) is 152 Å². The molecule has 0 aliphatic carbocycles. The Morgan fingerprint density at radius 1 is 0.254 bits per heavy atom. The largest absolute Gasteiger partial charge is 0.508 e. The Morgan fingerprint density at radius 2 is 0.552 bits per heavy atom. The second-order valence-corrected chi connectivity index (χ2v) is 10.9. The minimum Gasteiger partial charge on any atom is -0.508 e. The molecule has 5 aromatic rings. The van der Waals surface area contributed by atoms with Gasteiger partial charge in [0, 0.05) is 33.4 Å². The van der Waals surface area contributed by atoms with E-state index in [1.807, 2.05) is 96.9 Å². The molecule has 0 radical (unpaired) electrons. The lowest BCUT2D eigenvalue weighted by atomic mass is 10.1. The van der Waals surface area contributed by atoms with Crippen molar-refractivity contribution in [1.82, 2.24) is 0 Å². The Labute approximate surface area is 402 Å². The van der Waals surface area contributed by atoms with Crippen LogP contribution in [0.3, 0.4) is 0 Å². The first-order valence-corrected chi connectivity index (χ1v) is 22.9. The van der Waals surface area contributed by atoms with Crippen molar-refractivity contribution in [2.45, 2.75) is 156 Å². The van der Waals surface area contributed by atoms with Crippen LogP contribution in [0, 0.1) is 0 Å². The first kappa shape index (κ1) is 76.0.